The molecule has 1 saturated heterocycles. The molecule has 1 aliphatic rings. The number of rotatable bonds is 3. The van der Waals surface area contributed by atoms with E-state index in [-0.39, 0.29) is 34.0 Å². The van der Waals surface area contributed by atoms with Gasteiger partial charge < -0.3 is 15.7 Å². The standard InChI is InChI=1S/C11H13N3O5S2/c15-10-2-1-8(14(16)17)5-9(10)13-11(20)12-7-3-4-21(18,19)6-7/h1-2,5,7,15H,3-4,6H2,(H2,12,13,20)/p-1/t7-/m0/s1. The van der Waals surface area contributed by atoms with Crippen LogP contribution in [0.3, 0.4) is 0 Å². The molecule has 21 heavy (non-hydrogen) atoms. The van der Waals surface area contributed by atoms with Crippen molar-refractivity contribution in [1.29, 1.82) is 0 Å². The quantitative estimate of drug-likeness (QED) is 0.455. The van der Waals surface area contributed by atoms with Gasteiger partial charge in [-0.2, -0.15) is 0 Å². The highest BCUT2D eigenvalue weighted by molar-refractivity contribution is 7.91. The Morgan fingerprint density at radius 1 is 1.43 bits per heavy atom. The molecular formula is C11H12N3O5S2-. The van der Waals surface area contributed by atoms with E-state index in [1.165, 1.54) is 0 Å². The lowest BCUT2D eigenvalue weighted by molar-refractivity contribution is -0.385. The van der Waals surface area contributed by atoms with Crippen LogP contribution in [0.4, 0.5) is 11.4 Å². The number of nitro groups is 1. The number of nitro benzene ring substituents is 1. The molecule has 0 bridgehead atoms. The van der Waals surface area contributed by atoms with E-state index in [0.29, 0.717) is 6.42 Å². The van der Waals surface area contributed by atoms with Crippen LogP contribution >= 0.6 is 12.2 Å². The van der Waals surface area contributed by atoms with Crippen LogP contribution in [0.25, 0.3) is 0 Å². The third kappa shape index (κ3) is 4.02. The zero-order valence-corrected chi connectivity index (χ0v) is 12.4. The second-order valence-corrected chi connectivity index (χ2v) is 7.27. The van der Waals surface area contributed by atoms with E-state index in [1.54, 1.807) is 0 Å². The van der Waals surface area contributed by atoms with E-state index in [9.17, 15) is 23.6 Å². The first-order chi connectivity index (χ1) is 9.77. The fraction of sp³-hybridized carbons (Fsp3) is 0.364. The van der Waals surface area contributed by atoms with Gasteiger partial charge in [0.25, 0.3) is 5.69 Å². The highest BCUT2D eigenvalue weighted by Gasteiger charge is 2.28. The van der Waals surface area contributed by atoms with Gasteiger partial charge in [0.2, 0.25) is 0 Å². The second-order valence-electron chi connectivity index (χ2n) is 4.64. The van der Waals surface area contributed by atoms with E-state index >= 15 is 0 Å². The van der Waals surface area contributed by atoms with Crippen LogP contribution in [-0.2, 0) is 9.84 Å². The van der Waals surface area contributed by atoms with Crippen molar-refractivity contribution in [2.45, 2.75) is 12.5 Å². The van der Waals surface area contributed by atoms with Gasteiger partial charge in [0.15, 0.2) is 14.9 Å². The summed E-state index contributed by atoms with van der Waals surface area (Å²) < 4.78 is 22.7. The summed E-state index contributed by atoms with van der Waals surface area (Å²) in [5, 5.41) is 27.7. The Kier molecular flexibility index (Phi) is 4.28. The van der Waals surface area contributed by atoms with Crippen LogP contribution in [0.15, 0.2) is 18.2 Å². The Bertz CT molecular complexity index is 689. The summed E-state index contributed by atoms with van der Waals surface area (Å²) >= 11 is 4.99. The summed E-state index contributed by atoms with van der Waals surface area (Å²) in [5.74, 6) is -0.367. The molecule has 1 aliphatic heterocycles. The maximum Gasteiger partial charge on any atom is 0.271 e. The smallest absolute Gasteiger partial charge is 0.271 e. The molecule has 2 rings (SSSR count). The summed E-state index contributed by atoms with van der Waals surface area (Å²) in [6.07, 6.45) is 0.434. The lowest BCUT2D eigenvalue weighted by Gasteiger charge is -2.18. The van der Waals surface area contributed by atoms with Gasteiger partial charge in [-0.3, -0.25) is 10.1 Å². The first kappa shape index (κ1) is 15.4. The molecule has 114 valence electrons. The topological polar surface area (TPSA) is 124 Å². The number of thiocarbonyl (C=S) groups is 1. The molecule has 0 aromatic heterocycles. The van der Waals surface area contributed by atoms with Crippen LogP contribution in [0.5, 0.6) is 5.75 Å². The van der Waals surface area contributed by atoms with Crippen LogP contribution in [0.1, 0.15) is 6.42 Å². The van der Waals surface area contributed by atoms with Gasteiger partial charge in [0.1, 0.15) is 0 Å². The molecule has 0 unspecified atom stereocenters. The van der Waals surface area contributed by atoms with Crippen molar-refractivity contribution in [2.75, 3.05) is 16.8 Å². The fourth-order valence-electron chi connectivity index (χ4n) is 1.98. The molecule has 8 nitrogen and oxygen atoms in total. The van der Waals surface area contributed by atoms with Crippen molar-refractivity contribution in [3.05, 3.63) is 28.3 Å². The normalized spacial score (nSPS) is 19.9. The van der Waals surface area contributed by atoms with Crippen molar-refractivity contribution < 1.29 is 18.4 Å². The average molecular weight is 330 g/mol. The molecule has 0 spiro atoms. The number of non-ortho nitro benzene ring substituents is 1. The second kappa shape index (κ2) is 5.82. The minimum atomic E-state index is -3.04. The maximum atomic E-state index is 11.6. The zero-order valence-electron chi connectivity index (χ0n) is 10.7. The molecule has 1 fully saturated rings. The van der Waals surface area contributed by atoms with Crippen LogP contribution in [0, 0.1) is 10.1 Å². The lowest BCUT2D eigenvalue weighted by Crippen LogP contribution is -2.38. The Hall–Kier alpha value is -1.94. The van der Waals surface area contributed by atoms with Gasteiger partial charge in [-0.25, -0.2) is 8.42 Å². The summed E-state index contributed by atoms with van der Waals surface area (Å²) in [7, 11) is -3.04. The minimum absolute atomic E-state index is 0.0199. The van der Waals surface area contributed by atoms with E-state index in [4.69, 9.17) is 12.2 Å². The number of sulfone groups is 1. The third-order valence-corrected chi connectivity index (χ3v) is 4.98. The summed E-state index contributed by atoms with van der Waals surface area (Å²) in [6, 6.07) is 2.95. The maximum absolute atomic E-state index is 11.6. The first-order valence-electron chi connectivity index (χ1n) is 6.00. The molecule has 1 aromatic carbocycles. The van der Waals surface area contributed by atoms with Crippen molar-refractivity contribution >= 4 is 38.5 Å². The van der Waals surface area contributed by atoms with Crippen LogP contribution in [0.2, 0.25) is 0 Å². The number of hydrogen-bond acceptors (Lipinski definition) is 6. The Balaban J connectivity index is 2.03. The largest absolute Gasteiger partial charge is 0.871 e. The first-order valence-corrected chi connectivity index (χ1v) is 8.23. The van der Waals surface area contributed by atoms with Gasteiger partial charge in [0, 0.05) is 23.9 Å². The van der Waals surface area contributed by atoms with Gasteiger partial charge >= 0.3 is 0 Å². The highest BCUT2D eigenvalue weighted by atomic mass is 32.2. The minimum Gasteiger partial charge on any atom is -0.871 e. The lowest BCUT2D eigenvalue weighted by atomic mass is 10.2. The molecule has 1 aromatic rings. The summed E-state index contributed by atoms with van der Waals surface area (Å²) in [4.78, 5) is 10.0. The van der Waals surface area contributed by atoms with E-state index in [1.807, 2.05) is 0 Å². The summed E-state index contributed by atoms with van der Waals surface area (Å²) in [5.41, 5.74) is -0.258. The monoisotopic (exact) mass is 330 g/mol. The van der Waals surface area contributed by atoms with E-state index in [2.05, 4.69) is 10.6 Å². The third-order valence-electron chi connectivity index (χ3n) is 2.99. The fourth-order valence-corrected chi connectivity index (χ4v) is 3.93. The number of hydrogen-bond donors (Lipinski definition) is 2. The van der Waals surface area contributed by atoms with Crippen molar-refractivity contribution in [1.82, 2.24) is 5.32 Å². The van der Waals surface area contributed by atoms with Crippen molar-refractivity contribution in [3.8, 4) is 5.75 Å². The predicted octanol–water partition coefficient (Wildman–Crippen LogP) is 0.142. The van der Waals surface area contributed by atoms with Gasteiger partial charge in [-0.15, -0.1) is 0 Å². The molecule has 0 amide bonds. The summed E-state index contributed by atoms with van der Waals surface area (Å²) in [6.45, 7) is 0. The number of anilines is 1. The number of nitrogens with one attached hydrogen (secondary N) is 2. The van der Waals surface area contributed by atoms with Crippen molar-refractivity contribution in [3.63, 3.8) is 0 Å². The molecule has 1 atom stereocenters. The van der Waals surface area contributed by atoms with E-state index in [0.717, 1.165) is 18.2 Å². The molecular weight excluding hydrogens is 318 g/mol. The molecule has 0 saturated carbocycles. The molecule has 0 aliphatic carbocycles. The van der Waals surface area contributed by atoms with Gasteiger partial charge in [-0.05, 0) is 18.6 Å². The molecule has 1 heterocycles. The number of benzene rings is 1. The Morgan fingerprint density at radius 3 is 2.71 bits per heavy atom. The highest BCUT2D eigenvalue weighted by Crippen LogP contribution is 2.25. The van der Waals surface area contributed by atoms with Gasteiger partial charge in [-0.1, -0.05) is 11.8 Å². The van der Waals surface area contributed by atoms with E-state index < -0.39 is 20.5 Å². The average Bonchev–Trinajstić information content (AvgIpc) is 2.71. The molecule has 10 heteroatoms. The molecule has 2 N–H and O–H groups in total. The number of nitrogens with zero attached hydrogens (tertiary/aromatic N) is 1. The Morgan fingerprint density at radius 2 is 2.14 bits per heavy atom. The zero-order chi connectivity index (χ0) is 15.6. The van der Waals surface area contributed by atoms with Gasteiger partial charge in [0.05, 0.1) is 16.4 Å². The van der Waals surface area contributed by atoms with Crippen LogP contribution < -0.4 is 15.7 Å². The van der Waals surface area contributed by atoms with Crippen molar-refractivity contribution in [2.24, 2.45) is 0 Å². The Labute approximate surface area is 126 Å². The van der Waals surface area contributed by atoms with Crippen LogP contribution in [-0.4, -0.2) is 36.0 Å². The SMILES string of the molecule is O=[N+]([O-])c1ccc([O-])c(NC(=S)N[C@H]2CCS(=O)(=O)C2)c1. The molecule has 0 radical (unpaired) electrons. The predicted molar refractivity (Wildman–Crippen MR) is 79.0 cm³/mol.